The lowest BCUT2D eigenvalue weighted by Crippen LogP contribution is -2.46. The van der Waals surface area contributed by atoms with Crippen LogP contribution in [-0.2, 0) is 14.3 Å². The number of esters is 1. The van der Waals surface area contributed by atoms with Gasteiger partial charge in [0.2, 0.25) is 5.91 Å². The monoisotopic (exact) mass is 934 g/mol. The summed E-state index contributed by atoms with van der Waals surface area (Å²) >= 11 is 0. The molecule has 0 aromatic carbocycles. The van der Waals surface area contributed by atoms with E-state index < -0.39 is 18.2 Å². The highest BCUT2D eigenvalue weighted by molar-refractivity contribution is 5.77. The molecule has 3 atom stereocenters. The van der Waals surface area contributed by atoms with E-state index >= 15 is 0 Å². The number of amides is 1. The van der Waals surface area contributed by atoms with Crippen molar-refractivity contribution in [2.45, 2.75) is 366 Å². The van der Waals surface area contributed by atoms with E-state index in [0.29, 0.717) is 19.3 Å². The lowest BCUT2D eigenvalue weighted by Gasteiger charge is -2.24. The fourth-order valence-electron chi connectivity index (χ4n) is 9.85. The van der Waals surface area contributed by atoms with Crippen LogP contribution in [0, 0.1) is 0 Å². The number of carbonyl (C=O) groups excluding carboxylic acids is 2. The number of unbranched alkanes of at least 4 members (excludes halogenated alkanes) is 44. The number of aliphatic hydroxyl groups is 2. The minimum atomic E-state index is -0.780. The summed E-state index contributed by atoms with van der Waals surface area (Å²) in [5.74, 6) is -0.443. The molecule has 6 heteroatoms. The number of ether oxygens (including phenoxy) is 1. The highest BCUT2D eigenvalue weighted by Crippen LogP contribution is 2.20. The normalized spacial score (nSPS) is 13.0. The molecule has 0 fully saturated rings. The molecule has 0 bridgehead atoms. The minimum absolute atomic E-state index is 0.0887. The van der Waals surface area contributed by atoms with E-state index in [4.69, 9.17) is 4.74 Å². The molecule has 0 rings (SSSR count). The van der Waals surface area contributed by atoms with Crippen LogP contribution in [0.2, 0.25) is 0 Å². The van der Waals surface area contributed by atoms with Crippen LogP contribution in [0.1, 0.15) is 348 Å². The standard InChI is InChI=1S/C60H119NO5/c1-4-7-10-13-16-19-22-25-27-29-30-32-35-38-41-44-47-50-53-60(65)66-56(51-48-45-42-39-36-33-24-21-18-15-12-9-6-3)54-59(64)61-57(55-62)58(63)52-49-46-43-40-37-34-31-28-26-23-20-17-14-11-8-5-2/h56-58,62-63H,4-55H2,1-3H3,(H,61,64). The Labute approximate surface area is 413 Å². The van der Waals surface area contributed by atoms with E-state index in [2.05, 4.69) is 26.1 Å². The van der Waals surface area contributed by atoms with Crippen LogP contribution in [0.5, 0.6) is 0 Å². The molecule has 0 saturated carbocycles. The molecule has 394 valence electrons. The topological polar surface area (TPSA) is 95.9 Å². The molecule has 3 N–H and O–H groups in total. The first-order chi connectivity index (χ1) is 32.5. The van der Waals surface area contributed by atoms with Crippen LogP contribution in [0.25, 0.3) is 0 Å². The zero-order chi connectivity index (χ0) is 48.1. The van der Waals surface area contributed by atoms with Crippen LogP contribution >= 0.6 is 0 Å². The molecule has 0 spiro atoms. The molecule has 0 aliphatic heterocycles. The zero-order valence-corrected chi connectivity index (χ0v) is 45.1. The molecule has 0 aromatic rings. The van der Waals surface area contributed by atoms with Crippen molar-refractivity contribution in [1.29, 1.82) is 0 Å². The number of carbonyl (C=O) groups is 2. The Morgan fingerprint density at radius 2 is 0.636 bits per heavy atom. The van der Waals surface area contributed by atoms with Crippen LogP contribution in [0.3, 0.4) is 0 Å². The first-order valence-corrected chi connectivity index (χ1v) is 30.3. The summed E-state index contributed by atoms with van der Waals surface area (Å²) in [6, 6.07) is -0.693. The van der Waals surface area contributed by atoms with Gasteiger partial charge in [-0.2, -0.15) is 0 Å². The Kier molecular flexibility index (Phi) is 53.8. The second-order valence-electron chi connectivity index (χ2n) is 21.1. The molecule has 0 aromatic heterocycles. The van der Waals surface area contributed by atoms with E-state index in [-0.39, 0.29) is 24.9 Å². The molecule has 6 nitrogen and oxygen atoms in total. The fraction of sp³-hybridized carbons (Fsp3) is 0.967. The van der Waals surface area contributed by atoms with Gasteiger partial charge in [-0.05, 0) is 25.7 Å². The Bertz CT molecular complexity index is 959. The van der Waals surface area contributed by atoms with Crippen molar-refractivity contribution in [1.82, 2.24) is 5.32 Å². The number of aliphatic hydroxyl groups excluding tert-OH is 2. The van der Waals surface area contributed by atoms with Gasteiger partial charge in [-0.1, -0.05) is 310 Å². The zero-order valence-electron chi connectivity index (χ0n) is 45.1. The number of hydrogen-bond donors (Lipinski definition) is 3. The average Bonchev–Trinajstić information content (AvgIpc) is 3.31. The summed E-state index contributed by atoms with van der Waals surface area (Å²) in [5.41, 5.74) is 0. The Morgan fingerprint density at radius 3 is 0.924 bits per heavy atom. The van der Waals surface area contributed by atoms with E-state index in [9.17, 15) is 19.8 Å². The summed E-state index contributed by atoms with van der Waals surface area (Å²) < 4.78 is 5.98. The third-order valence-corrected chi connectivity index (χ3v) is 14.4. The van der Waals surface area contributed by atoms with Crippen molar-refractivity contribution < 1.29 is 24.5 Å². The van der Waals surface area contributed by atoms with Crippen molar-refractivity contribution >= 4 is 11.9 Å². The summed E-state index contributed by atoms with van der Waals surface area (Å²) in [6.45, 7) is 6.54. The highest BCUT2D eigenvalue weighted by Gasteiger charge is 2.24. The van der Waals surface area contributed by atoms with E-state index in [0.717, 1.165) is 38.5 Å². The van der Waals surface area contributed by atoms with Gasteiger partial charge in [0.1, 0.15) is 6.10 Å². The molecule has 0 heterocycles. The summed E-state index contributed by atoms with van der Waals surface area (Å²) in [6.07, 6.45) is 61.7. The first-order valence-electron chi connectivity index (χ1n) is 30.3. The predicted molar refractivity (Wildman–Crippen MR) is 287 cm³/mol. The summed E-state index contributed by atoms with van der Waals surface area (Å²) in [4.78, 5) is 26.3. The van der Waals surface area contributed by atoms with Gasteiger partial charge < -0.3 is 20.3 Å². The summed E-state index contributed by atoms with van der Waals surface area (Å²) in [5, 5.41) is 23.9. The predicted octanol–water partition coefficient (Wildman–Crippen LogP) is 18.7. The number of hydrogen-bond acceptors (Lipinski definition) is 5. The van der Waals surface area contributed by atoms with Gasteiger partial charge in [-0.25, -0.2) is 0 Å². The van der Waals surface area contributed by atoms with Crippen LogP contribution < -0.4 is 5.32 Å². The molecule has 66 heavy (non-hydrogen) atoms. The maximum Gasteiger partial charge on any atom is 0.306 e. The maximum absolute atomic E-state index is 13.3. The fourth-order valence-corrected chi connectivity index (χ4v) is 9.85. The van der Waals surface area contributed by atoms with E-state index in [1.54, 1.807) is 0 Å². The molecule has 0 radical (unpaired) electrons. The second-order valence-corrected chi connectivity index (χ2v) is 21.1. The van der Waals surface area contributed by atoms with Crippen molar-refractivity contribution in [3.8, 4) is 0 Å². The Morgan fingerprint density at radius 1 is 0.379 bits per heavy atom. The lowest BCUT2D eigenvalue weighted by atomic mass is 10.0. The smallest absolute Gasteiger partial charge is 0.306 e. The Balaban J connectivity index is 4.43. The van der Waals surface area contributed by atoms with Crippen molar-refractivity contribution in [3.05, 3.63) is 0 Å². The average molecular weight is 935 g/mol. The van der Waals surface area contributed by atoms with Gasteiger partial charge in [0.25, 0.3) is 0 Å². The van der Waals surface area contributed by atoms with E-state index in [1.807, 2.05) is 0 Å². The number of nitrogens with one attached hydrogen (secondary N) is 1. The van der Waals surface area contributed by atoms with Gasteiger partial charge >= 0.3 is 5.97 Å². The van der Waals surface area contributed by atoms with E-state index in [1.165, 1.54) is 263 Å². The second kappa shape index (κ2) is 54.8. The van der Waals surface area contributed by atoms with Gasteiger partial charge in [0.05, 0.1) is 25.2 Å². The van der Waals surface area contributed by atoms with Gasteiger partial charge in [0.15, 0.2) is 0 Å². The first kappa shape index (κ1) is 64.9. The minimum Gasteiger partial charge on any atom is -0.462 e. The van der Waals surface area contributed by atoms with Gasteiger partial charge in [-0.3, -0.25) is 9.59 Å². The molecule has 0 aliphatic carbocycles. The van der Waals surface area contributed by atoms with Crippen molar-refractivity contribution in [2.75, 3.05) is 6.61 Å². The van der Waals surface area contributed by atoms with Crippen LogP contribution in [0.4, 0.5) is 0 Å². The van der Waals surface area contributed by atoms with Gasteiger partial charge in [0, 0.05) is 6.42 Å². The molecular weight excluding hydrogens is 815 g/mol. The Hall–Kier alpha value is -1.14. The molecule has 0 saturated heterocycles. The van der Waals surface area contributed by atoms with Crippen molar-refractivity contribution in [2.24, 2.45) is 0 Å². The quantitative estimate of drug-likeness (QED) is 0.0417. The van der Waals surface area contributed by atoms with Crippen molar-refractivity contribution in [3.63, 3.8) is 0 Å². The molecule has 1 amide bonds. The molecular formula is C60H119NO5. The largest absolute Gasteiger partial charge is 0.462 e. The lowest BCUT2D eigenvalue weighted by molar-refractivity contribution is -0.151. The maximum atomic E-state index is 13.3. The number of rotatable bonds is 56. The SMILES string of the molecule is CCCCCCCCCCCCCCCCCCCCC(=O)OC(CCCCCCCCCCCCCCC)CC(=O)NC(CO)C(O)CCCCCCCCCCCCCCCCCC. The van der Waals surface area contributed by atoms with Crippen LogP contribution in [0.15, 0.2) is 0 Å². The third-order valence-electron chi connectivity index (χ3n) is 14.4. The van der Waals surface area contributed by atoms with Gasteiger partial charge in [-0.15, -0.1) is 0 Å². The van der Waals surface area contributed by atoms with Crippen LogP contribution in [-0.4, -0.2) is 46.9 Å². The molecule has 0 aliphatic rings. The summed E-state index contributed by atoms with van der Waals surface area (Å²) in [7, 11) is 0. The molecule has 3 unspecified atom stereocenters. The highest BCUT2D eigenvalue weighted by atomic mass is 16.5. The third kappa shape index (κ3) is 49.3.